The first-order valence-electron chi connectivity index (χ1n) is 5.69. The Hall–Kier alpha value is 0.01000. The summed E-state index contributed by atoms with van der Waals surface area (Å²) in [6.07, 6.45) is 2.56. The highest BCUT2D eigenvalue weighted by Crippen LogP contribution is 2.19. The number of ether oxygens (including phenoxy) is 1. The number of carbonyl (C=O) groups excluding carboxylic acids is 1. The minimum Gasteiger partial charge on any atom is -0.381 e. The van der Waals surface area contributed by atoms with Crippen LogP contribution in [0.2, 0.25) is 0 Å². The van der Waals surface area contributed by atoms with Crippen LogP contribution in [-0.4, -0.2) is 36.4 Å². The monoisotopic (exact) mass is 267 g/mol. The highest BCUT2D eigenvalue weighted by molar-refractivity contribution is 6.22. The van der Waals surface area contributed by atoms with Gasteiger partial charge >= 0.3 is 0 Å². The summed E-state index contributed by atoms with van der Waals surface area (Å²) in [5.74, 6) is 0.646. The van der Waals surface area contributed by atoms with Crippen molar-refractivity contribution in [2.24, 2.45) is 5.92 Å². The van der Waals surface area contributed by atoms with Crippen LogP contribution in [0.3, 0.4) is 0 Å². The van der Waals surface area contributed by atoms with E-state index >= 15 is 0 Å². The van der Waals surface area contributed by atoms with E-state index in [1.807, 2.05) is 6.92 Å². The number of halogens is 2. The molecule has 0 aromatic carbocycles. The van der Waals surface area contributed by atoms with Gasteiger partial charge in [0, 0.05) is 18.4 Å². The van der Waals surface area contributed by atoms with Gasteiger partial charge in [-0.25, -0.2) is 0 Å². The van der Waals surface area contributed by atoms with E-state index < -0.39 is 5.54 Å². The molecule has 1 N–H and O–H groups in total. The van der Waals surface area contributed by atoms with Gasteiger partial charge in [-0.1, -0.05) is 6.92 Å². The van der Waals surface area contributed by atoms with Crippen molar-refractivity contribution in [2.45, 2.75) is 31.7 Å². The van der Waals surface area contributed by atoms with E-state index in [9.17, 15) is 4.79 Å². The third-order valence-corrected chi connectivity index (χ3v) is 4.13. The molecule has 0 aromatic rings. The lowest BCUT2D eigenvalue weighted by Crippen LogP contribution is -2.54. The molecule has 1 atom stereocenters. The number of carbonyl (C=O) groups is 1. The van der Waals surface area contributed by atoms with Crippen molar-refractivity contribution in [2.75, 3.05) is 25.0 Å². The molecular weight excluding hydrogens is 249 g/mol. The van der Waals surface area contributed by atoms with Gasteiger partial charge in [-0.15, -0.1) is 23.2 Å². The molecule has 1 aliphatic heterocycles. The Morgan fingerprint density at radius 1 is 1.50 bits per heavy atom. The second-order valence-electron chi connectivity index (χ2n) is 4.30. The van der Waals surface area contributed by atoms with Crippen molar-refractivity contribution in [1.82, 2.24) is 5.32 Å². The maximum Gasteiger partial charge on any atom is 0.225 e. The van der Waals surface area contributed by atoms with E-state index in [0.717, 1.165) is 25.9 Å². The van der Waals surface area contributed by atoms with Gasteiger partial charge in [0.25, 0.3) is 0 Å². The van der Waals surface area contributed by atoms with Crippen molar-refractivity contribution in [3.8, 4) is 0 Å². The van der Waals surface area contributed by atoms with Crippen molar-refractivity contribution in [3.63, 3.8) is 0 Å². The number of hydrogen-bond donors (Lipinski definition) is 1. The van der Waals surface area contributed by atoms with Crippen molar-refractivity contribution in [1.29, 1.82) is 0 Å². The van der Waals surface area contributed by atoms with Crippen LogP contribution >= 0.6 is 23.2 Å². The Labute approximate surface area is 107 Å². The fourth-order valence-corrected chi connectivity index (χ4v) is 2.49. The quantitative estimate of drug-likeness (QED) is 0.776. The maximum absolute atomic E-state index is 12.0. The second kappa shape index (κ2) is 6.67. The molecule has 0 saturated carbocycles. The fourth-order valence-electron chi connectivity index (χ4n) is 1.69. The largest absolute Gasteiger partial charge is 0.381 e. The molecule has 1 unspecified atom stereocenters. The van der Waals surface area contributed by atoms with Gasteiger partial charge in [0.2, 0.25) is 5.91 Å². The summed E-state index contributed by atoms with van der Waals surface area (Å²) in [6.45, 7) is 3.24. The van der Waals surface area contributed by atoms with E-state index in [1.54, 1.807) is 0 Å². The fraction of sp³-hybridized carbons (Fsp3) is 0.909. The van der Waals surface area contributed by atoms with Crippen molar-refractivity contribution < 1.29 is 9.53 Å². The number of rotatable bonds is 5. The molecule has 5 heteroatoms. The number of amides is 1. The highest BCUT2D eigenvalue weighted by atomic mass is 35.5. The number of hydrogen-bond acceptors (Lipinski definition) is 2. The van der Waals surface area contributed by atoms with Gasteiger partial charge in [-0.3, -0.25) is 4.79 Å². The smallest absolute Gasteiger partial charge is 0.225 e. The third kappa shape index (κ3) is 3.51. The number of alkyl halides is 2. The summed E-state index contributed by atoms with van der Waals surface area (Å²) >= 11 is 11.8. The lowest BCUT2D eigenvalue weighted by Gasteiger charge is -2.32. The van der Waals surface area contributed by atoms with E-state index in [-0.39, 0.29) is 11.8 Å². The zero-order chi connectivity index (χ0) is 12.0. The third-order valence-electron chi connectivity index (χ3n) is 3.11. The zero-order valence-corrected chi connectivity index (χ0v) is 11.1. The normalized spacial score (nSPS) is 21.8. The maximum atomic E-state index is 12.0. The van der Waals surface area contributed by atoms with Crippen LogP contribution in [-0.2, 0) is 9.53 Å². The standard InChI is InChI=1S/C11H19Cl2NO2/c1-2-11(7-12,8-13)14-10(15)9-4-3-5-16-6-9/h9H,2-8H2,1H3,(H,14,15). The van der Waals surface area contributed by atoms with Crippen LogP contribution in [0.15, 0.2) is 0 Å². The average molecular weight is 268 g/mol. The van der Waals surface area contributed by atoms with E-state index in [0.29, 0.717) is 18.4 Å². The Bertz CT molecular complexity index is 218. The van der Waals surface area contributed by atoms with E-state index in [1.165, 1.54) is 0 Å². The molecule has 94 valence electrons. The lowest BCUT2D eigenvalue weighted by atomic mass is 9.96. The van der Waals surface area contributed by atoms with Gasteiger partial charge in [-0.05, 0) is 19.3 Å². The summed E-state index contributed by atoms with van der Waals surface area (Å²) in [5, 5.41) is 2.97. The first-order chi connectivity index (χ1) is 7.67. The first-order valence-corrected chi connectivity index (χ1v) is 6.76. The minimum absolute atomic E-state index is 0.0165. The van der Waals surface area contributed by atoms with Crippen molar-refractivity contribution >= 4 is 29.1 Å². The Kier molecular flexibility index (Phi) is 5.87. The average Bonchev–Trinajstić information content (AvgIpc) is 2.37. The predicted octanol–water partition coefficient (Wildman–Crippen LogP) is 2.16. The van der Waals surface area contributed by atoms with Crippen molar-refractivity contribution in [3.05, 3.63) is 0 Å². The molecule has 0 aliphatic carbocycles. The summed E-state index contributed by atoms with van der Waals surface area (Å²) in [5.41, 5.74) is -0.475. The van der Waals surface area contributed by atoms with Gasteiger partial charge < -0.3 is 10.1 Å². The molecule has 1 heterocycles. The molecule has 1 rings (SSSR count). The van der Waals surface area contributed by atoms with E-state index in [2.05, 4.69) is 5.32 Å². The second-order valence-corrected chi connectivity index (χ2v) is 4.84. The molecule has 0 bridgehead atoms. The molecule has 3 nitrogen and oxygen atoms in total. The molecule has 1 fully saturated rings. The van der Waals surface area contributed by atoms with Gasteiger partial charge in [0.05, 0.1) is 18.1 Å². The molecule has 0 aromatic heterocycles. The topological polar surface area (TPSA) is 38.3 Å². The van der Waals surface area contributed by atoms with Gasteiger partial charge in [0.15, 0.2) is 0 Å². The first kappa shape index (κ1) is 14.1. The Balaban J connectivity index is 2.53. The molecule has 0 radical (unpaired) electrons. The van der Waals surface area contributed by atoms with Gasteiger partial charge in [-0.2, -0.15) is 0 Å². The van der Waals surface area contributed by atoms with E-state index in [4.69, 9.17) is 27.9 Å². The molecular formula is C11H19Cl2NO2. The van der Waals surface area contributed by atoms with Crippen LogP contribution in [0.25, 0.3) is 0 Å². The minimum atomic E-state index is -0.475. The molecule has 0 spiro atoms. The summed E-state index contributed by atoms with van der Waals surface area (Å²) in [7, 11) is 0. The molecule has 1 saturated heterocycles. The van der Waals surface area contributed by atoms with Crippen LogP contribution < -0.4 is 5.32 Å². The predicted molar refractivity (Wildman–Crippen MR) is 66.1 cm³/mol. The highest BCUT2D eigenvalue weighted by Gasteiger charge is 2.31. The van der Waals surface area contributed by atoms with Crippen LogP contribution in [0, 0.1) is 5.92 Å². The summed E-state index contributed by atoms with van der Waals surface area (Å²) in [6, 6.07) is 0. The number of nitrogens with one attached hydrogen (secondary N) is 1. The SMILES string of the molecule is CCC(CCl)(CCl)NC(=O)C1CCCOC1. The van der Waals surface area contributed by atoms with Crippen LogP contribution in [0.1, 0.15) is 26.2 Å². The Morgan fingerprint density at radius 3 is 2.62 bits per heavy atom. The summed E-state index contributed by atoms with van der Waals surface area (Å²) in [4.78, 5) is 12.0. The van der Waals surface area contributed by atoms with Crippen LogP contribution in [0.5, 0.6) is 0 Å². The molecule has 16 heavy (non-hydrogen) atoms. The molecule has 1 amide bonds. The van der Waals surface area contributed by atoms with Crippen LogP contribution in [0.4, 0.5) is 0 Å². The summed E-state index contributed by atoms with van der Waals surface area (Å²) < 4.78 is 5.29. The lowest BCUT2D eigenvalue weighted by molar-refractivity contribution is -0.130. The Morgan fingerprint density at radius 2 is 2.19 bits per heavy atom. The molecule has 1 aliphatic rings. The zero-order valence-electron chi connectivity index (χ0n) is 9.60. The van der Waals surface area contributed by atoms with Gasteiger partial charge in [0.1, 0.15) is 0 Å².